The zero-order valence-corrected chi connectivity index (χ0v) is 8.07. The van der Waals surface area contributed by atoms with Crippen molar-refractivity contribution < 1.29 is 9.53 Å². The Morgan fingerprint density at radius 1 is 1.69 bits per heavy atom. The van der Waals surface area contributed by atoms with Crippen LogP contribution in [0.5, 0.6) is 0 Å². The van der Waals surface area contributed by atoms with E-state index in [-0.39, 0.29) is 5.56 Å². The number of nitrogens with two attached hydrogens (primary N) is 1. The molecule has 0 radical (unpaired) electrons. The molecule has 0 fully saturated rings. The Morgan fingerprint density at radius 2 is 2.31 bits per heavy atom. The van der Waals surface area contributed by atoms with Crippen LogP contribution in [0.25, 0.3) is 0 Å². The molecule has 0 aliphatic heterocycles. The molecule has 1 aromatic heterocycles. The maximum atomic E-state index is 11.2. The standard InChI is InChI=1S/C8H8N2O2S/c1-4-5(3-9)6(7(10)13-4)8(11)12-2/h10H2,1-2H3. The summed E-state index contributed by atoms with van der Waals surface area (Å²) in [6.07, 6.45) is 0. The van der Waals surface area contributed by atoms with Crippen LogP contribution < -0.4 is 5.73 Å². The van der Waals surface area contributed by atoms with E-state index in [9.17, 15) is 4.79 Å². The second-order valence-electron chi connectivity index (χ2n) is 2.38. The second-order valence-corrected chi connectivity index (χ2v) is 3.63. The first-order valence-electron chi connectivity index (χ1n) is 3.49. The molecule has 0 spiro atoms. The van der Waals surface area contributed by atoms with Crippen molar-refractivity contribution in [2.24, 2.45) is 0 Å². The third-order valence-corrected chi connectivity index (χ3v) is 2.55. The van der Waals surface area contributed by atoms with E-state index in [1.807, 2.05) is 6.07 Å². The third-order valence-electron chi connectivity index (χ3n) is 1.61. The number of thiophene rings is 1. The van der Waals surface area contributed by atoms with E-state index < -0.39 is 5.97 Å². The number of esters is 1. The van der Waals surface area contributed by atoms with E-state index in [1.54, 1.807) is 6.92 Å². The fourth-order valence-electron chi connectivity index (χ4n) is 1.01. The topological polar surface area (TPSA) is 76.1 Å². The number of nitrogens with zero attached hydrogens (tertiary/aromatic N) is 1. The van der Waals surface area contributed by atoms with Gasteiger partial charge in [0.05, 0.1) is 12.7 Å². The Hall–Kier alpha value is -1.54. The maximum Gasteiger partial charge on any atom is 0.342 e. The molecule has 0 saturated carbocycles. The molecule has 5 heteroatoms. The lowest BCUT2D eigenvalue weighted by molar-refractivity contribution is 0.0602. The Bertz CT molecular complexity index is 390. The average molecular weight is 196 g/mol. The summed E-state index contributed by atoms with van der Waals surface area (Å²) in [5, 5.41) is 9.08. The highest BCUT2D eigenvalue weighted by atomic mass is 32.1. The summed E-state index contributed by atoms with van der Waals surface area (Å²) < 4.78 is 4.51. The molecule has 0 bridgehead atoms. The number of nitrogen functional groups attached to an aromatic ring is 1. The summed E-state index contributed by atoms with van der Waals surface area (Å²) in [6, 6.07) is 1.93. The zero-order chi connectivity index (χ0) is 10.0. The van der Waals surface area contributed by atoms with E-state index in [0.29, 0.717) is 10.6 Å². The molecule has 0 unspecified atom stereocenters. The first-order chi connectivity index (χ1) is 6.11. The van der Waals surface area contributed by atoms with Crippen molar-refractivity contribution in [3.63, 3.8) is 0 Å². The highest BCUT2D eigenvalue weighted by Gasteiger charge is 2.20. The summed E-state index contributed by atoms with van der Waals surface area (Å²) in [5.74, 6) is -0.557. The highest BCUT2D eigenvalue weighted by molar-refractivity contribution is 7.16. The van der Waals surface area contributed by atoms with Crippen molar-refractivity contribution in [2.75, 3.05) is 12.8 Å². The largest absolute Gasteiger partial charge is 0.465 e. The fourth-order valence-corrected chi connectivity index (χ4v) is 1.87. The van der Waals surface area contributed by atoms with Gasteiger partial charge in [-0.05, 0) is 6.92 Å². The average Bonchev–Trinajstić information content (AvgIpc) is 2.39. The fraction of sp³-hybridized carbons (Fsp3) is 0.250. The third kappa shape index (κ3) is 1.48. The molecule has 2 N–H and O–H groups in total. The quantitative estimate of drug-likeness (QED) is 0.687. The van der Waals surface area contributed by atoms with Crippen molar-refractivity contribution in [1.29, 1.82) is 5.26 Å². The molecule has 0 aliphatic rings. The Balaban J connectivity index is 3.35. The molecule has 68 valence electrons. The Morgan fingerprint density at radius 3 is 2.77 bits per heavy atom. The van der Waals surface area contributed by atoms with Gasteiger partial charge in [-0.1, -0.05) is 0 Å². The molecule has 13 heavy (non-hydrogen) atoms. The first-order valence-corrected chi connectivity index (χ1v) is 4.30. The molecule has 0 saturated heterocycles. The van der Waals surface area contributed by atoms with Crippen LogP contribution in [-0.4, -0.2) is 13.1 Å². The first kappa shape index (κ1) is 9.55. The van der Waals surface area contributed by atoms with E-state index in [0.717, 1.165) is 4.88 Å². The van der Waals surface area contributed by atoms with E-state index in [2.05, 4.69) is 4.74 Å². The molecule has 0 aliphatic carbocycles. The van der Waals surface area contributed by atoms with Gasteiger partial charge in [0.1, 0.15) is 16.6 Å². The van der Waals surface area contributed by atoms with E-state index in [1.165, 1.54) is 18.4 Å². The summed E-state index contributed by atoms with van der Waals surface area (Å²) in [6.45, 7) is 1.74. The van der Waals surface area contributed by atoms with Gasteiger partial charge in [-0.15, -0.1) is 11.3 Å². The minimum absolute atomic E-state index is 0.188. The van der Waals surface area contributed by atoms with Gasteiger partial charge in [0, 0.05) is 4.88 Å². The number of carbonyl (C=O) groups is 1. The van der Waals surface area contributed by atoms with Crippen LogP contribution in [0.1, 0.15) is 20.8 Å². The molecule has 1 aromatic rings. The highest BCUT2D eigenvalue weighted by Crippen LogP contribution is 2.30. The summed E-state index contributed by atoms with van der Waals surface area (Å²) in [7, 11) is 1.26. The van der Waals surface area contributed by atoms with Gasteiger partial charge < -0.3 is 10.5 Å². The summed E-state index contributed by atoms with van der Waals surface area (Å²) in [4.78, 5) is 11.9. The number of aryl methyl sites for hydroxylation is 1. The maximum absolute atomic E-state index is 11.2. The van der Waals surface area contributed by atoms with Crippen molar-refractivity contribution in [3.8, 4) is 6.07 Å². The van der Waals surface area contributed by atoms with Gasteiger partial charge in [0.2, 0.25) is 0 Å². The predicted octanol–water partition coefficient (Wildman–Crippen LogP) is 1.30. The van der Waals surface area contributed by atoms with Gasteiger partial charge in [0.15, 0.2) is 0 Å². The number of methoxy groups -OCH3 is 1. The number of hydrogen-bond acceptors (Lipinski definition) is 5. The van der Waals surface area contributed by atoms with Crippen LogP contribution in [0, 0.1) is 18.3 Å². The monoisotopic (exact) mass is 196 g/mol. The smallest absolute Gasteiger partial charge is 0.342 e. The van der Waals surface area contributed by atoms with Crippen LogP contribution in [0.15, 0.2) is 0 Å². The number of carbonyl (C=O) groups excluding carboxylic acids is 1. The van der Waals surface area contributed by atoms with Gasteiger partial charge in [-0.2, -0.15) is 5.26 Å². The van der Waals surface area contributed by atoms with Gasteiger partial charge in [-0.25, -0.2) is 4.79 Å². The molecule has 0 aromatic carbocycles. The van der Waals surface area contributed by atoms with E-state index in [4.69, 9.17) is 11.0 Å². The van der Waals surface area contributed by atoms with Crippen LogP contribution in [-0.2, 0) is 4.74 Å². The molecular formula is C8H8N2O2S. The van der Waals surface area contributed by atoms with Crippen molar-refractivity contribution in [2.45, 2.75) is 6.92 Å². The molecule has 0 atom stereocenters. The van der Waals surface area contributed by atoms with Crippen LogP contribution in [0.4, 0.5) is 5.00 Å². The summed E-state index contributed by atoms with van der Waals surface area (Å²) >= 11 is 1.22. The molecule has 1 rings (SSSR count). The molecule has 1 heterocycles. The van der Waals surface area contributed by atoms with E-state index >= 15 is 0 Å². The minimum atomic E-state index is -0.557. The van der Waals surface area contributed by atoms with Gasteiger partial charge >= 0.3 is 5.97 Å². The van der Waals surface area contributed by atoms with Crippen molar-refractivity contribution >= 4 is 22.3 Å². The van der Waals surface area contributed by atoms with Gasteiger partial charge in [0.25, 0.3) is 0 Å². The lowest BCUT2D eigenvalue weighted by Crippen LogP contribution is -2.04. The lowest BCUT2D eigenvalue weighted by Gasteiger charge is -1.97. The second kappa shape index (κ2) is 3.46. The number of hydrogen-bond donors (Lipinski definition) is 1. The number of anilines is 1. The van der Waals surface area contributed by atoms with Crippen LogP contribution in [0.3, 0.4) is 0 Å². The molecule has 0 amide bonds. The SMILES string of the molecule is COC(=O)c1c(N)sc(C)c1C#N. The molecule has 4 nitrogen and oxygen atoms in total. The minimum Gasteiger partial charge on any atom is -0.465 e. The number of ether oxygens (including phenoxy) is 1. The normalized spacial score (nSPS) is 9.31. The number of nitriles is 1. The van der Waals surface area contributed by atoms with Crippen LogP contribution >= 0.6 is 11.3 Å². The van der Waals surface area contributed by atoms with Gasteiger partial charge in [-0.3, -0.25) is 0 Å². The lowest BCUT2D eigenvalue weighted by atomic mass is 10.1. The zero-order valence-electron chi connectivity index (χ0n) is 7.25. The summed E-state index contributed by atoms with van der Waals surface area (Å²) in [5.41, 5.74) is 6.06. The Kier molecular flexibility index (Phi) is 2.54. The van der Waals surface area contributed by atoms with Crippen molar-refractivity contribution in [1.82, 2.24) is 0 Å². The molecular weight excluding hydrogens is 188 g/mol. The predicted molar refractivity (Wildman–Crippen MR) is 49.5 cm³/mol. The van der Waals surface area contributed by atoms with Crippen LogP contribution in [0.2, 0.25) is 0 Å². The van der Waals surface area contributed by atoms with Crippen molar-refractivity contribution in [3.05, 3.63) is 16.0 Å². The number of rotatable bonds is 1. The Labute approximate surface area is 79.5 Å².